The van der Waals surface area contributed by atoms with Crippen molar-refractivity contribution in [3.8, 4) is 12.1 Å². The van der Waals surface area contributed by atoms with Gasteiger partial charge in [0.15, 0.2) is 11.1 Å². The second-order valence-corrected chi connectivity index (χ2v) is 10.3. The van der Waals surface area contributed by atoms with E-state index in [4.69, 9.17) is 10.5 Å². The van der Waals surface area contributed by atoms with Gasteiger partial charge in [-0.15, -0.1) is 0 Å². The number of hydrogen-bond donors (Lipinski definition) is 0. The SMILES string of the molecule is CC(C)(C#N)N=NC(C)(C)C#N.CCC[CH2][Sn][CH2]CCC. The van der Waals surface area contributed by atoms with Crippen LogP contribution >= 0.6 is 0 Å². The van der Waals surface area contributed by atoms with Gasteiger partial charge in [-0.2, -0.15) is 20.8 Å². The van der Waals surface area contributed by atoms with Gasteiger partial charge in [0.2, 0.25) is 0 Å². The first-order chi connectivity index (χ1) is 9.74. The van der Waals surface area contributed by atoms with Gasteiger partial charge in [0.25, 0.3) is 0 Å². The molecule has 0 aliphatic carbocycles. The van der Waals surface area contributed by atoms with Gasteiger partial charge >= 0.3 is 69.5 Å². The number of unbranched alkanes of at least 4 members (excludes halogenated alkanes) is 2. The van der Waals surface area contributed by atoms with Crippen LogP contribution in [0.4, 0.5) is 0 Å². The zero-order valence-corrected chi connectivity index (χ0v) is 17.4. The fraction of sp³-hybridized carbons (Fsp3) is 0.875. The molecule has 4 nitrogen and oxygen atoms in total. The Labute approximate surface area is 141 Å². The quantitative estimate of drug-likeness (QED) is 0.322. The van der Waals surface area contributed by atoms with Crippen molar-refractivity contribution in [1.82, 2.24) is 0 Å². The molecule has 0 saturated carbocycles. The summed E-state index contributed by atoms with van der Waals surface area (Å²) in [5.74, 6) is 0. The molecule has 0 bridgehead atoms. The Morgan fingerprint density at radius 2 is 1.14 bits per heavy atom. The van der Waals surface area contributed by atoms with Gasteiger partial charge in [0, 0.05) is 0 Å². The second kappa shape index (κ2) is 13.1. The van der Waals surface area contributed by atoms with E-state index in [1.54, 1.807) is 36.6 Å². The molecule has 0 unspecified atom stereocenters. The standard InChI is InChI=1S/C8H12N4.2C4H9.Sn/c1-7(2,5-9)11-12-8(3,4)6-10;2*1-3-4-2;/h1-4H3;2*1,3-4H2,2H3;. The van der Waals surface area contributed by atoms with Gasteiger partial charge in [-0.3, -0.25) is 0 Å². The summed E-state index contributed by atoms with van der Waals surface area (Å²) in [4.78, 5) is 0. The van der Waals surface area contributed by atoms with Crippen LogP contribution < -0.4 is 0 Å². The van der Waals surface area contributed by atoms with Crippen molar-refractivity contribution in [3.05, 3.63) is 0 Å². The van der Waals surface area contributed by atoms with Crippen molar-refractivity contribution < 1.29 is 0 Å². The van der Waals surface area contributed by atoms with Crippen LogP contribution in [0.1, 0.15) is 67.2 Å². The van der Waals surface area contributed by atoms with Crippen LogP contribution in [-0.2, 0) is 0 Å². The summed E-state index contributed by atoms with van der Waals surface area (Å²) in [6, 6.07) is 3.94. The Balaban J connectivity index is 0. The summed E-state index contributed by atoms with van der Waals surface area (Å²) < 4.78 is 3.25. The molecule has 0 aromatic carbocycles. The maximum atomic E-state index is 8.58. The van der Waals surface area contributed by atoms with E-state index in [0.29, 0.717) is 0 Å². The molecule has 2 radical (unpaired) electrons. The number of nitrogens with zero attached hydrogens (tertiary/aromatic N) is 4. The van der Waals surface area contributed by atoms with Crippen LogP contribution in [0.15, 0.2) is 10.2 Å². The Kier molecular flexibility index (Phi) is 14.1. The second-order valence-electron chi connectivity index (χ2n) is 6.00. The topological polar surface area (TPSA) is 72.3 Å². The van der Waals surface area contributed by atoms with Crippen molar-refractivity contribution in [1.29, 1.82) is 10.5 Å². The molecule has 5 heteroatoms. The average Bonchev–Trinajstić information content (AvgIpc) is 2.46. The van der Waals surface area contributed by atoms with E-state index < -0.39 is 11.1 Å². The van der Waals surface area contributed by atoms with Gasteiger partial charge in [0.1, 0.15) is 0 Å². The van der Waals surface area contributed by atoms with Crippen molar-refractivity contribution in [2.45, 2.75) is 87.2 Å². The van der Waals surface area contributed by atoms with Gasteiger partial charge in [0.05, 0.1) is 12.1 Å². The van der Waals surface area contributed by atoms with Gasteiger partial charge < -0.3 is 0 Å². The predicted molar refractivity (Wildman–Crippen MR) is 89.4 cm³/mol. The summed E-state index contributed by atoms with van der Waals surface area (Å²) in [7, 11) is 0. The summed E-state index contributed by atoms with van der Waals surface area (Å²) >= 11 is 0.149. The van der Waals surface area contributed by atoms with Gasteiger partial charge in [-0.1, -0.05) is 0 Å². The molecule has 21 heavy (non-hydrogen) atoms. The van der Waals surface area contributed by atoms with E-state index in [9.17, 15) is 0 Å². The molecule has 118 valence electrons. The van der Waals surface area contributed by atoms with Gasteiger partial charge in [-0.05, 0) is 27.7 Å². The van der Waals surface area contributed by atoms with Crippen molar-refractivity contribution in [3.63, 3.8) is 0 Å². The number of rotatable bonds is 8. The molecule has 0 N–H and O–H groups in total. The first-order valence-electron chi connectivity index (χ1n) is 7.72. The van der Waals surface area contributed by atoms with Crippen LogP contribution in [0.25, 0.3) is 0 Å². The number of hydrogen-bond acceptors (Lipinski definition) is 4. The molecule has 0 aliphatic rings. The average molecular weight is 397 g/mol. The minimum absolute atomic E-state index is 0.149. The molecular formula is C16H30N4Sn. The van der Waals surface area contributed by atoms with Crippen LogP contribution in [0.5, 0.6) is 0 Å². The van der Waals surface area contributed by atoms with E-state index in [1.807, 2.05) is 12.1 Å². The van der Waals surface area contributed by atoms with Crippen LogP contribution in [-0.4, -0.2) is 32.2 Å². The Morgan fingerprint density at radius 1 is 0.810 bits per heavy atom. The summed E-state index contributed by atoms with van der Waals surface area (Å²) in [6.07, 6.45) is 5.84. The van der Waals surface area contributed by atoms with Crippen LogP contribution in [0.2, 0.25) is 8.87 Å². The molecular weight excluding hydrogens is 367 g/mol. The summed E-state index contributed by atoms with van der Waals surface area (Å²) in [6.45, 7) is 11.2. The minimum atomic E-state index is -0.839. The summed E-state index contributed by atoms with van der Waals surface area (Å²) in [5.41, 5.74) is -1.68. The first kappa shape index (κ1) is 22.7. The van der Waals surface area contributed by atoms with Crippen molar-refractivity contribution >= 4 is 21.1 Å². The Morgan fingerprint density at radius 3 is 1.38 bits per heavy atom. The van der Waals surface area contributed by atoms with E-state index in [1.165, 1.54) is 25.7 Å². The van der Waals surface area contributed by atoms with E-state index >= 15 is 0 Å². The van der Waals surface area contributed by atoms with E-state index in [2.05, 4.69) is 24.1 Å². The van der Waals surface area contributed by atoms with Crippen LogP contribution in [0, 0.1) is 22.7 Å². The molecule has 0 rings (SSSR count). The summed E-state index contributed by atoms with van der Waals surface area (Å²) in [5, 5.41) is 24.7. The maximum absolute atomic E-state index is 8.58. The molecule has 0 saturated heterocycles. The zero-order chi connectivity index (χ0) is 16.8. The Hall–Kier alpha value is -0.621. The fourth-order valence-corrected chi connectivity index (χ4v) is 5.18. The van der Waals surface area contributed by atoms with Crippen LogP contribution in [0.3, 0.4) is 0 Å². The zero-order valence-electron chi connectivity index (χ0n) is 14.5. The molecule has 0 aromatic heterocycles. The molecule has 0 aromatic rings. The first-order valence-corrected chi connectivity index (χ1v) is 11.8. The number of nitriles is 2. The Bertz CT molecular complexity index is 327. The molecule has 0 aliphatic heterocycles. The third-order valence-corrected chi connectivity index (χ3v) is 6.55. The fourth-order valence-electron chi connectivity index (χ4n) is 1.02. The van der Waals surface area contributed by atoms with Gasteiger partial charge in [-0.25, -0.2) is 0 Å². The third kappa shape index (κ3) is 17.3. The normalized spacial score (nSPS) is 11.4. The molecule has 0 spiro atoms. The third-order valence-electron chi connectivity index (χ3n) is 2.51. The number of azo groups is 1. The van der Waals surface area contributed by atoms with Crippen molar-refractivity contribution in [2.24, 2.45) is 10.2 Å². The monoisotopic (exact) mass is 398 g/mol. The van der Waals surface area contributed by atoms with E-state index in [-0.39, 0.29) is 21.1 Å². The molecule has 0 fully saturated rings. The molecule has 0 atom stereocenters. The molecule has 0 amide bonds. The predicted octanol–water partition coefficient (Wildman–Crippen LogP) is 5.17. The van der Waals surface area contributed by atoms with E-state index in [0.717, 1.165) is 0 Å². The molecule has 0 heterocycles. The van der Waals surface area contributed by atoms with Crippen molar-refractivity contribution in [2.75, 3.05) is 0 Å².